The van der Waals surface area contributed by atoms with Crippen LogP contribution in [0.15, 0.2) is 46.9 Å². The van der Waals surface area contributed by atoms with E-state index in [1.165, 1.54) is 16.3 Å². The molecule has 1 N–H and O–H groups in total. The van der Waals surface area contributed by atoms with Crippen LogP contribution in [0.2, 0.25) is 0 Å². The fourth-order valence-electron chi connectivity index (χ4n) is 3.96. The maximum absolute atomic E-state index is 10.7. The normalized spacial score (nSPS) is 22.2. The molecule has 0 spiro atoms. The van der Waals surface area contributed by atoms with Crippen LogP contribution in [-0.2, 0) is 6.54 Å². The van der Waals surface area contributed by atoms with Crippen LogP contribution in [-0.4, -0.2) is 54.2 Å². The van der Waals surface area contributed by atoms with E-state index in [1.54, 1.807) is 0 Å². The van der Waals surface area contributed by atoms with E-state index < -0.39 is 5.60 Å². The van der Waals surface area contributed by atoms with Crippen molar-refractivity contribution in [1.29, 1.82) is 0 Å². The van der Waals surface area contributed by atoms with Gasteiger partial charge in [0, 0.05) is 42.5 Å². The smallest absolute Gasteiger partial charge is 0.139 e. The number of rotatable bonds is 4. The summed E-state index contributed by atoms with van der Waals surface area (Å²) >= 11 is 0. The minimum absolute atomic E-state index is 0.606. The standard InChI is InChI=1S/C20H24N2O2/c1-21(2)13-20(23)10-11-22(14-20)12-15-6-5-8-17-16-7-3-4-9-18(16)24-19(15)17/h3-9,23H,10-14H2,1-2H3/t20-/m1/s1. The van der Waals surface area contributed by atoms with Gasteiger partial charge in [-0.1, -0.05) is 36.4 Å². The Morgan fingerprint density at radius 2 is 1.92 bits per heavy atom. The average Bonchev–Trinajstić information content (AvgIpc) is 3.08. The third kappa shape index (κ3) is 2.81. The molecule has 1 aromatic heterocycles. The van der Waals surface area contributed by atoms with Gasteiger partial charge in [-0.25, -0.2) is 0 Å². The van der Waals surface area contributed by atoms with Crippen LogP contribution in [0.25, 0.3) is 21.9 Å². The van der Waals surface area contributed by atoms with Gasteiger partial charge in [0.1, 0.15) is 11.2 Å². The van der Waals surface area contributed by atoms with E-state index in [0.29, 0.717) is 13.1 Å². The number of para-hydroxylation sites is 2. The summed E-state index contributed by atoms with van der Waals surface area (Å²) < 4.78 is 6.11. The molecule has 0 radical (unpaired) electrons. The largest absolute Gasteiger partial charge is 0.456 e. The van der Waals surface area contributed by atoms with Gasteiger partial charge >= 0.3 is 0 Å². The zero-order chi connectivity index (χ0) is 16.7. The molecule has 1 aliphatic rings. The van der Waals surface area contributed by atoms with Crippen molar-refractivity contribution in [3.8, 4) is 0 Å². The molecule has 1 aliphatic heterocycles. The molecule has 3 aromatic rings. The summed E-state index contributed by atoms with van der Waals surface area (Å²) in [6.45, 7) is 3.15. The maximum atomic E-state index is 10.7. The lowest BCUT2D eigenvalue weighted by Crippen LogP contribution is -2.42. The lowest BCUT2D eigenvalue weighted by molar-refractivity contribution is 0.0240. The summed E-state index contributed by atoms with van der Waals surface area (Å²) in [5.41, 5.74) is 2.50. The van der Waals surface area contributed by atoms with Crippen LogP contribution < -0.4 is 0 Å². The first-order valence-corrected chi connectivity index (χ1v) is 8.53. The van der Waals surface area contributed by atoms with E-state index in [-0.39, 0.29) is 0 Å². The Balaban J connectivity index is 1.61. The zero-order valence-corrected chi connectivity index (χ0v) is 14.3. The van der Waals surface area contributed by atoms with Gasteiger partial charge in [0.05, 0.1) is 5.60 Å². The number of furan rings is 1. The highest BCUT2D eigenvalue weighted by Gasteiger charge is 2.36. The molecule has 0 aliphatic carbocycles. The minimum atomic E-state index is -0.606. The first-order chi connectivity index (χ1) is 11.5. The maximum Gasteiger partial charge on any atom is 0.139 e. The third-order valence-corrected chi connectivity index (χ3v) is 4.90. The number of likely N-dealkylation sites (N-methyl/N-ethyl adjacent to an activating group) is 1. The van der Waals surface area contributed by atoms with E-state index in [1.807, 2.05) is 32.3 Å². The van der Waals surface area contributed by atoms with Gasteiger partial charge in [0.25, 0.3) is 0 Å². The van der Waals surface area contributed by atoms with Crippen LogP contribution in [0.5, 0.6) is 0 Å². The van der Waals surface area contributed by atoms with Gasteiger partial charge in [-0.05, 0) is 26.6 Å². The number of hydrogen-bond acceptors (Lipinski definition) is 4. The highest BCUT2D eigenvalue weighted by atomic mass is 16.3. The topological polar surface area (TPSA) is 39.9 Å². The van der Waals surface area contributed by atoms with Gasteiger partial charge in [0.2, 0.25) is 0 Å². The van der Waals surface area contributed by atoms with Crippen LogP contribution in [0.4, 0.5) is 0 Å². The Kier molecular flexibility index (Phi) is 3.83. The highest BCUT2D eigenvalue weighted by Crippen LogP contribution is 2.32. The number of hydrogen-bond donors (Lipinski definition) is 1. The Hall–Kier alpha value is -1.88. The Bertz CT molecular complexity index is 870. The van der Waals surface area contributed by atoms with Gasteiger partial charge in [-0.3, -0.25) is 4.90 Å². The molecule has 4 rings (SSSR count). The number of fused-ring (bicyclic) bond motifs is 3. The predicted molar refractivity (Wildman–Crippen MR) is 97.1 cm³/mol. The number of β-amino-alcohol motifs (C(OH)–C–C–N with tert-alkyl or cyclic N) is 1. The minimum Gasteiger partial charge on any atom is -0.456 e. The van der Waals surface area contributed by atoms with Crippen LogP contribution in [0.1, 0.15) is 12.0 Å². The highest BCUT2D eigenvalue weighted by molar-refractivity contribution is 6.05. The van der Waals surface area contributed by atoms with Gasteiger partial charge < -0.3 is 14.4 Å². The molecule has 0 unspecified atom stereocenters. The molecule has 126 valence electrons. The molecule has 4 nitrogen and oxygen atoms in total. The van der Waals surface area contributed by atoms with Crippen LogP contribution in [0.3, 0.4) is 0 Å². The molecule has 24 heavy (non-hydrogen) atoms. The number of likely N-dealkylation sites (tertiary alicyclic amines) is 1. The monoisotopic (exact) mass is 324 g/mol. The van der Waals surface area contributed by atoms with Crippen molar-refractivity contribution in [2.24, 2.45) is 0 Å². The Morgan fingerprint density at radius 3 is 2.75 bits per heavy atom. The van der Waals surface area contributed by atoms with E-state index >= 15 is 0 Å². The second kappa shape index (κ2) is 5.88. The van der Waals surface area contributed by atoms with E-state index in [4.69, 9.17) is 4.42 Å². The fourth-order valence-corrected chi connectivity index (χ4v) is 3.96. The Labute approximate surface area is 142 Å². The average molecular weight is 324 g/mol. The number of nitrogens with zero attached hydrogens (tertiary/aromatic N) is 2. The molecule has 1 saturated heterocycles. The second-order valence-electron chi connectivity index (χ2n) is 7.31. The summed E-state index contributed by atoms with van der Waals surface area (Å²) in [5, 5.41) is 13.1. The molecular formula is C20H24N2O2. The molecule has 1 atom stereocenters. The van der Waals surface area contributed by atoms with E-state index in [2.05, 4.69) is 34.1 Å². The summed E-state index contributed by atoms with van der Waals surface area (Å²) in [6.07, 6.45) is 0.821. The van der Waals surface area contributed by atoms with Crippen LogP contribution in [0, 0.1) is 0 Å². The van der Waals surface area contributed by atoms with E-state index in [9.17, 15) is 5.11 Å². The first-order valence-electron chi connectivity index (χ1n) is 8.53. The molecule has 0 amide bonds. The molecular weight excluding hydrogens is 300 g/mol. The quantitative estimate of drug-likeness (QED) is 0.800. The fraction of sp³-hybridized carbons (Fsp3) is 0.400. The Morgan fingerprint density at radius 1 is 1.12 bits per heavy atom. The second-order valence-corrected chi connectivity index (χ2v) is 7.31. The molecule has 0 saturated carbocycles. The molecule has 2 aromatic carbocycles. The summed E-state index contributed by atoms with van der Waals surface area (Å²) in [6, 6.07) is 14.5. The van der Waals surface area contributed by atoms with Gasteiger partial charge in [-0.15, -0.1) is 0 Å². The molecule has 1 fully saturated rings. The summed E-state index contributed by atoms with van der Waals surface area (Å²) in [5.74, 6) is 0. The van der Waals surface area contributed by atoms with Crippen molar-refractivity contribution < 1.29 is 9.52 Å². The van der Waals surface area contributed by atoms with Crippen molar-refractivity contribution in [2.45, 2.75) is 18.6 Å². The van der Waals surface area contributed by atoms with Crippen molar-refractivity contribution in [1.82, 2.24) is 9.80 Å². The molecule has 0 bridgehead atoms. The molecule has 4 heteroatoms. The van der Waals surface area contributed by atoms with E-state index in [0.717, 1.165) is 30.7 Å². The zero-order valence-electron chi connectivity index (χ0n) is 14.3. The van der Waals surface area contributed by atoms with Crippen molar-refractivity contribution in [2.75, 3.05) is 33.7 Å². The van der Waals surface area contributed by atoms with Crippen molar-refractivity contribution in [3.63, 3.8) is 0 Å². The summed E-state index contributed by atoms with van der Waals surface area (Å²) in [7, 11) is 4.02. The van der Waals surface area contributed by atoms with Crippen LogP contribution >= 0.6 is 0 Å². The molecule has 2 heterocycles. The van der Waals surface area contributed by atoms with Gasteiger partial charge in [-0.2, -0.15) is 0 Å². The third-order valence-electron chi connectivity index (χ3n) is 4.90. The lowest BCUT2D eigenvalue weighted by Gasteiger charge is -2.26. The first kappa shape index (κ1) is 15.6. The van der Waals surface area contributed by atoms with Crippen molar-refractivity contribution >= 4 is 21.9 Å². The van der Waals surface area contributed by atoms with Gasteiger partial charge in [0.15, 0.2) is 0 Å². The number of aliphatic hydroxyl groups is 1. The SMILES string of the molecule is CN(C)C[C@]1(O)CCN(Cc2cccc3c2oc2ccccc23)C1. The lowest BCUT2D eigenvalue weighted by atomic mass is 10.0. The summed E-state index contributed by atoms with van der Waals surface area (Å²) in [4.78, 5) is 4.38. The number of benzene rings is 2. The predicted octanol–water partition coefficient (Wildman–Crippen LogP) is 3.08. The van der Waals surface area contributed by atoms with Crippen molar-refractivity contribution in [3.05, 3.63) is 48.0 Å².